The largest absolute Gasteiger partial charge is 0.481 e. The van der Waals surface area contributed by atoms with E-state index in [1.54, 1.807) is 7.05 Å². The third-order valence-electron chi connectivity index (χ3n) is 2.72. The van der Waals surface area contributed by atoms with Crippen LogP contribution in [0.1, 0.15) is 13.3 Å². The predicted octanol–water partition coefficient (Wildman–Crippen LogP) is -0.698. The zero-order valence-electron chi connectivity index (χ0n) is 9.40. The van der Waals surface area contributed by atoms with Crippen LogP contribution in [0, 0.1) is 11.8 Å². The second-order valence-electron chi connectivity index (χ2n) is 4.16. The molecule has 6 nitrogen and oxygen atoms in total. The Morgan fingerprint density at radius 1 is 1.62 bits per heavy atom. The lowest BCUT2D eigenvalue weighted by Gasteiger charge is -2.12. The standard InChI is InChI=1S/C10H16N2O4/c1-6(10(15)16)4-11-9(14)7-3-8(13)12(2)5-7/h6-7H,3-5H2,1-2H3,(H,11,14)(H,15,16). The molecule has 1 aliphatic rings. The Balaban J connectivity index is 2.37. The van der Waals surface area contributed by atoms with Crippen molar-refractivity contribution < 1.29 is 19.5 Å². The van der Waals surface area contributed by atoms with Gasteiger partial charge >= 0.3 is 5.97 Å². The van der Waals surface area contributed by atoms with E-state index in [0.717, 1.165) is 0 Å². The minimum absolute atomic E-state index is 0.0496. The molecule has 0 saturated carbocycles. The van der Waals surface area contributed by atoms with E-state index in [0.29, 0.717) is 6.54 Å². The molecule has 0 spiro atoms. The molecular formula is C10H16N2O4. The first-order chi connectivity index (χ1) is 7.41. The number of nitrogens with one attached hydrogen (secondary N) is 1. The highest BCUT2D eigenvalue weighted by molar-refractivity contribution is 5.89. The van der Waals surface area contributed by atoms with E-state index in [-0.39, 0.29) is 30.7 Å². The summed E-state index contributed by atoms with van der Waals surface area (Å²) in [6.45, 7) is 2.03. The Bertz CT molecular complexity index is 316. The minimum atomic E-state index is -0.945. The van der Waals surface area contributed by atoms with Gasteiger partial charge in [0.1, 0.15) is 0 Å². The van der Waals surface area contributed by atoms with E-state index in [1.165, 1.54) is 11.8 Å². The number of nitrogens with zero attached hydrogens (tertiary/aromatic N) is 1. The number of carbonyl (C=O) groups is 3. The number of hydrogen-bond acceptors (Lipinski definition) is 3. The van der Waals surface area contributed by atoms with Crippen molar-refractivity contribution in [3.8, 4) is 0 Å². The number of rotatable bonds is 4. The van der Waals surface area contributed by atoms with Crippen LogP contribution in [0.25, 0.3) is 0 Å². The highest BCUT2D eigenvalue weighted by Crippen LogP contribution is 2.15. The van der Waals surface area contributed by atoms with E-state index in [1.807, 2.05) is 0 Å². The minimum Gasteiger partial charge on any atom is -0.481 e. The number of carboxylic acid groups (broad SMARTS) is 1. The molecule has 0 aliphatic carbocycles. The van der Waals surface area contributed by atoms with Crippen molar-refractivity contribution in [3.05, 3.63) is 0 Å². The molecule has 2 N–H and O–H groups in total. The Morgan fingerprint density at radius 3 is 2.69 bits per heavy atom. The van der Waals surface area contributed by atoms with Crippen LogP contribution in [-0.2, 0) is 14.4 Å². The van der Waals surface area contributed by atoms with Gasteiger partial charge in [0.05, 0.1) is 11.8 Å². The molecule has 1 aliphatic heterocycles. The number of amides is 2. The molecule has 0 bridgehead atoms. The molecule has 1 fully saturated rings. The summed E-state index contributed by atoms with van der Waals surface area (Å²) in [7, 11) is 1.65. The summed E-state index contributed by atoms with van der Waals surface area (Å²) in [6, 6.07) is 0. The summed E-state index contributed by atoms with van der Waals surface area (Å²) < 4.78 is 0. The van der Waals surface area contributed by atoms with Crippen LogP contribution in [0.2, 0.25) is 0 Å². The van der Waals surface area contributed by atoms with E-state index in [2.05, 4.69) is 5.32 Å². The maximum atomic E-state index is 11.6. The third-order valence-corrected chi connectivity index (χ3v) is 2.72. The first-order valence-corrected chi connectivity index (χ1v) is 5.16. The van der Waals surface area contributed by atoms with E-state index in [9.17, 15) is 14.4 Å². The summed E-state index contributed by atoms with van der Waals surface area (Å²) in [6.07, 6.45) is 0.212. The van der Waals surface area contributed by atoms with Crippen LogP contribution in [0.15, 0.2) is 0 Å². The van der Waals surface area contributed by atoms with Gasteiger partial charge in [0.25, 0.3) is 0 Å². The fraction of sp³-hybridized carbons (Fsp3) is 0.700. The molecule has 0 aromatic rings. The molecule has 16 heavy (non-hydrogen) atoms. The van der Waals surface area contributed by atoms with E-state index >= 15 is 0 Å². The molecule has 1 heterocycles. The highest BCUT2D eigenvalue weighted by atomic mass is 16.4. The van der Waals surface area contributed by atoms with Crippen molar-refractivity contribution in [1.29, 1.82) is 0 Å². The number of aliphatic carboxylic acids is 1. The van der Waals surface area contributed by atoms with Crippen molar-refractivity contribution in [3.63, 3.8) is 0 Å². The third kappa shape index (κ3) is 2.95. The van der Waals surface area contributed by atoms with Crippen LogP contribution in [0.3, 0.4) is 0 Å². The van der Waals surface area contributed by atoms with Gasteiger partial charge in [-0.2, -0.15) is 0 Å². The van der Waals surface area contributed by atoms with Crippen LogP contribution < -0.4 is 5.32 Å². The molecule has 0 radical (unpaired) electrons. The van der Waals surface area contributed by atoms with E-state index < -0.39 is 11.9 Å². The highest BCUT2D eigenvalue weighted by Gasteiger charge is 2.32. The van der Waals surface area contributed by atoms with Crippen LogP contribution in [-0.4, -0.2) is 47.9 Å². The molecule has 1 saturated heterocycles. The molecule has 2 unspecified atom stereocenters. The SMILES string of the molecule is CC(CNC(=O)C1CC(=O)N(C)C1)C(=O)O. The van der Waals surface area contributed by atoms with Crippen molar-refractivity contribution >= 4 is 17.8 Å². The van der Waals surface area contributed by atoms with Gasteiger partial charge in [0.2, 0.25) is 11.8 Å². The molecule has 2 amide bonds. The number of carbonyl (C=O) groups excluding carboxylic acids is 2. The second kappa shape index (κ2) is 4.96. The molecule has 0 aromatic heterocycles. The monoisotopic (exact) mass is 228 g/mol. The van der Waals surface area contributed by atoms with Gasteiger partial charge in [-0.05, 0) is 0 Å². The maximum absolute atomic E-state index is 11.6. The predicted molar refractivity (Wildman–Crippen MR) is 55.6 cm³/mol. The fourth-order valence-corrected chi connectivity index (χ4v) is 1.52. The van der Waals surface area contributed by atoms with E-state index in [4.69, 9.17) is 5.11 Å². The summed E-state index contributed by atoms with van der Waals surface area (Å²) in [5.74, 6) is -2.20. The normalized spacial score (nSPS) is 22.0. The first-order valence-electron chi connectivity index (χ1n) is 5.16. The molecule has 0 aromatic carbocycles. The van der Waals surface area contributed by atoms with Gasteiger partial charge < -0.3 is 15.3 Å². The van der Waals surface area contributed by atoms with Gasteiger partial charge in [-0.25, -0.2) is 0 Å². The van der Waals surface area contributed by atoms with Gasteiger partial charge in [-0.3, -0.25) is 14.4 Å². The van der Waals surface area contributed by atoms with Crippen LogP contribution in [0.5, 0.6) is 0 Å². The average molecular weight is 228 g/mol. The molecular weight excluding hydrogens is 212 g/mol. The maximum Gasteiger partial charge on any atom is 0.308 e. The van der Waals surface area contributed by atoms with Crippen molar-refractivity contribution in [1.82, 2.24) is 10.2 Å². The Morgan fingerprint density at radius 2 is 2.25 bits per heavy atom. The number of likely N-dealkylation sites (tertiary alicyclic amines) is 1. The van der Waals surface area contributed by atoms with Gasteiger partial charge in [-0.1, -0.05) is 6.92 Å². The summed E-state index contributed by atoms with van der Waals surface area (Å²) in [4.78, 5) is 34.8. The Kier molecular flexibility index (Phi) is 3.87. The number of hydrogen-bond donors (Lipinski definition) is 2. The topological polar surface area (TPSA) is 86.7 Å². The first kappa shape index (κ1) is 12.5. The zero-order chi connectivity index (χ0) is 12.3. The summed E-state index contributed by atoms with van der Waals surface area (Å²) in [5.41, 5.74) is 0. The van der Waals surface area contributed by atoms with Crippen molar-refractivity contribution in [2.45, 2.75) is 13.3 Å². The van der Waals surface area contributed by atoms with Gasteiger partial charge in [0.15, 0.2) is 0 Å². The average Bonchev–Trinajstić information content (AvgIpc) is 2.55. The Hall–Kier alpha value is -1.59. The van der Waals surface area contributed by atoms with Crippen molar-refractivity contribution in [2.75, 3.05) is 20.1 Å². The number of carboxylic acids is 1. The molecule has 6 heteroatoms. The van der Waals surface area contributed by atoms with Crippen LogP contribution >= 0.6 is 0 Å². The van der Waals surface area contributed by atoms with Crippen molar-refractivity contribution in [2.24, 2.45) is 11.8 Å². The summed E-state index contributed by atoms with van der Waals surface area (Å²) >= 11 is 0. The quantitative estimate of drug-likeness (QED) is 0.666. The lowest BCUT2D eigenvalue weighted by Crippen LogP contribution is -2.36. The van der Waals surface area contributed by atoms with Gasteiger partial charge in [0, 0.05) is 26.6 Å². The molecule has 2 atom stereocenters. The second-order valence-corrected chi connectivity index (χ2v) is 4.16. The lowest BCUT2D eigenvalue weighted by atomic mass is 10.1. The van der Waals surface area contributed by atoms with Gasteiger partial charge in [-0.15, -0.1) is 0 Å². The smallest absolute Gasteiger partial charge is 0.308 e. The summed E-state index contributed by atoms with van der Waals surface area (Å²) in [5, 5.41) is 11.2. The Labute approximate surface area is 93.6 Å². The zero-order valence-corrected chi connectivity index (χ0v) is 9.40. The molecule has 1 rings (SSSR count). The lowest BCUT2D eigenvalue weighted by molar-refractivity contribution is -0.141. The fourth-order valence-electron chi connectivity index (χ4n) is 1.52. The molecule has 90 valence electrons. The van der Waals surface area contributed by atoms with Crippen LogP contribution in [0.4, 0.5) is 0 Å².